The molecule has 0 aromatic carbocycles. The molecule has 0 saturated heterocycles. The number of nitrogens with zero attached hydrogens (tertiary/aromatic N) is 4. The van der Waals surface area contributed by atoms with Crippen LogP contribution in [0.1, 0.15) is 11.1 Å². The molecule has 2 N–H and O–H groups in total. The Labute approximate surface area is 108 Å². The Kier molecular flexibility index (Phi) is 2.08. The first-order chi connectivity index (χ1) is 9.40. The first kappa shape index (κ1) is 10.2. The molecular weight excluding hydrogens is 240 g/mol. The number of aromatic nitrogens is 4. The summed E-state index contributed by atoms with van der Waals surface area (Å²) in [6.07, 6.45) is 7.08. The van der Waals surface area contributed by atoms with Gasteiger partial charge in [-0.1, -0.05) is 0 Å². The van der Waals surface area contributed by atoms with E-state index in [0.29, 0.717) is 0 Å². The molecule has 1 aliphatic heterocycles. The summed E-state index contributed by atoms with van der Waals surface area (Å²) in [5.74, 6) is 1.50. The third-order valence-electron chi connectivity index (χ3n) is 3.11. The van der Waals surface area contributed by atoms with E-state index in [0.717, 1.165) is 40.3 Å². The van der Waals surface area contributed by atoms with Crippen LogP contribution in [-0.2, 0) is 6.54 Å². The second-order valence-corrected chi connectivity index (χ2v) is 4.33. The fraction of sp³-hybridized carbons (Fsp3) is 0.0769. The standard InChI is InChI=1S/C13H10N6/c1-2-15-12-10(1)13(18-7-17-12)19-11-3-8-4-14-5-9(8)6-16-11/h1-4,6-7H,5H2,(H2,15,16,17,18,19). The molecule has 0 spiro atoms. The normalized spacial score (nSPS) is 12.8. The molecule has 0 bridgehead atoms. The molecule has 0 amide bonds. The molecule has 0 unspecified atom stereocenters. The first-order valence-corrected chi connectivity index (χ1v) is 5.94. The lowest BCUT2D eigenvalue weighted by Gasteiger charge is -2.06. The molecule has 0 fully saturated rings. The zero-order chi connectivity index (χ0) is 12.7. The maximum absolute atomic E-state index is 4.38. The minimum Gasteiger partial charge on any atom is -0.346 e. The number of aliphatic imine (C=N–C) groups is 1. The number of pyridine rings is 1. The fourth-order valence-electron chi connectivity index (χ4n) is 2.16. The summed E-state index contributed by atoms with van der Waals surface area (Å²) in [4.78, 5) is 20.1. The van der Waals surface area contributed by atoms with Crippen LogP contribution in [0.3, 0.4) is 0 Å². The van der Waals surface area contributed by atoms with Crippen molar-refractivity contribution in [3.8, 4) is 0 Å². The predicted octanol–water partition coefficient (Wildman–Crippen LogP) is 2.03. The minimum atomic E-state index is 0.720. The highest BCUT2D eigenvalue weighted by molar-refractivity contribution is 5.89. The third kappa shape index (κ3) is 1.65. The number of rotatable bonds is 2. The van der Waals surface area contributed by atoms with Crippen molar-refractivity contribution in [1.82, 2.24) is 19.9 Å². The zero-order valence-electron chi connectivity index (χ0n) is 9.96. The highest BCUT2D eigenvalue weighted by atomic mass is 15.1. The van der Waals surface area contributed by atoms with Crippen molar-refractivity contribution in [2.45, 2.75) is 6.54 Å². The van der Waals surface area contributed by atoms with Gasteiger partial charge in [0, 0.05) is 29.7 Å². The topological polar surface area (TPSA) is 78.8 Å². The summed E-state index contributed by atoms with van der Waals surface area (Å²) < 4.78 is 0. The molecule has 4 rings (SSSR count). The Morgan fingerprint density at radius 3 is 3.21 bits per heavy atom. The molecule has 92 valence electrons. The third-order valence-corrected chi connectivity index (χ3v) is 3.11. The lowest BCUT2D eigenvalue weighted by molar-refractivity contribution is 1.08. The van der Waals surface area contributed by atoms with Gasteiger partial charge in [-0.15, -0.1) is 0 Å². The molecule has 1 aliphatic rings. The van der Waals surface area contributed by atoms with Crippen LogP contribution in [0.2, 0.25) is 0 Å². The van der Waals surface area contributed by atoms with Crippen molar-refractivity contribution < 1.29 is 0 Å². The molecule has 0 saturated carbocycles. The molecule has 4 heterocycles. The molecule has 0 aliphatic carbocycles. The van der Waals surface area contributed by atoms with Gasteiger partial charge in [0.25, 0.3) is 0 Å². The molecular formula is C13H10N6. The van der Waals surface area contributed by atoms with E-state index >= 15 is 0 Å². The summed E-state index contributed by atoms with van der Waals surface area (Å²) in [5.41, 5.74) is 3.07. The highest BCUT2D eigenvalue weighted by Gasteiger charge is 2.09. The maximum atomic E-state index is 4.38. The van der Waals surface area contributed by atoms with Gasteiger partial charge < -0.3 is 10.3 Å². The average molecular weight is 250 g/mol. The van der Waals surface area contributed by atoms with E-state index in [9.17, 15) is 0 Å². The lowest BCUT2D eigenvalue weighted by Crippen LogP contribution is -1.99. The zero-order valence-corrected chi connectivity index (χ0v) is 9.96. The largest absolute Gasteiger partial charge is 0.346 e. The van der Waals surface area contributed by atoms with Gasteiger partial charge in [0.05, 0.1) is 11.9 Å². The van der Waals surface area contributed by atoms with E-state index in [4.69, 9.17) is 0 Å². The molecule has 0 atom stereocenters. The van der Waals surface area contributed by atoms with E-state index in [2.05, 4.69) is 30.2 Å². The van der Waals surface area contributed by atoms with Crippen molar-refractivity contribution >= 4 is 28.9 Å². The molecule has 6 nitrogen and oxygen atoms in total. The van der Waals surface area contributed by atoms with Gasteiger partial charge in [-0.25, -0.2) is 15.0 Å². The maximum Gasteiger partial charge on any atom is 0.144 e. The van der Waals surface area contributed by atoms with Crippen LogP contribution in [0, 0.1) is 0 Å². The molecule has 0 radical (unpaired) electrons. The monoisotopic (exact) mass is 250 g/mol. The van der Waals surface area contributed by atoms with Crippen LogP contribution < -0.4 is 5.32 Å². The second-order valence-electron chi connectivity index (χ2n) is 4.33. The van der Waals surface area contributed by atoms with Crippen LogP contribution in [0.15, 0.2) is 35.8 Å². The number of hydrogen-bond acceptors (Lipinski definition) is 5. The Morgan fingerprint density at radius 2 is 2.21 bits per heavy atom. The second kappa shape index (κ2) is 3.88. The van der Waals surface area contributed by atoms with E-state index in [-0.39, 0.29) is 0 Å². The molecule has 3 aromatic heterocycles. The number of anilines is 2. The van der Waals surface area contributed by atoms with Gasteiger partial charge in [0.15, 0.2) is 0 Å². The van der Waals surface area contributed by atoms with Gasteiger partial charge in [0.2, 0.25) is 0 Å². The summed E-state index contributed by atoms with van der Waals surface area (Å²) in [7, 11) is 0. The Morgan fingerprint density at radius 1 is 1.21 bits per heavy atom. The fourth-order valence-corrected chi connectivity index (χ4v) is 2.16. The van der Waals surface area contributed by atoms with Gasteiger partial charge in [-0.2, -0.15) is 0 Å². The van der Waals surface area contributed by atoms with Gasteiger partial charge in [-0.05, 0) is 12.1 Å². The quantitative estimate of drug-likeness (QED) is 0.729. The number of H-pyrrole nitrogens is 1. The van der Waals surface area contributed by atoms with E-state index < -0.39 is 0 Å². The van der Waals surface area contributed by atoms with Crippen LogP contribution >= 0.6 is 0 Å². The van der Waals surface area contributed by atoms with Crippen molar-refractivity contribution in [2.75, 3.05) is 5.32 Å². The van der Waals surface area contributed by atoms with E-state index in [1.807, 2.05) is 30.7 Å². The Hall–Kier alpha value is -2.76. The molecule has 6 heteroatoms. The number of nitrogens with one attached hydrogen (secondary N) is 2. The SMILES string of the molecule is C1=NCc2cnc(Nc3ncnc4[nH]ccc34)cc21. The molecule has 3 aromatic rings. The smallest absolute Gasteiger partial charge is 0.144 e. The number of aromatic amines is 1. The van der Waals surface area contributed by atoms with Gasteiger partial charge in [0.1, 0.15) is 23.6 Å². The van der Waals surface area contributed by atoms with Gasteiger partial charge >= 0.3 is 0 Å². The van der Waals surface area contributed by atoms with Gasteiger partial charge in [-0.3, -0.25) is 4.99 Å². The summed E-state index contributed by atoms with van der Waals surface area (Å²) >= 11 is 0. The number of fused-ring (bicyclic) bond motifs is 2. The van der Waals surface area contributed by atoms with Crippen molar-refractivity contribution in [3.63, 3.8) is 0 Å². The van der Waals surface area contributed by atoms with Crippen molar-refractivity contribution in [3.05, 3.63) is 42.0 Å². The van der Waals surface area contributed by atoms with Crippen molar-refractivity contribution in [2.24, 2.45) is 4.99 Å². The lowest BCUT2D eigenvalue weighted by atomic mass is 10.2. The summed E-state index contributed by atoms with van der Waals surface area (Å²) in [6.45, 7) is 0.720. The summed E-state index contributed by atoms with van der Waals surface area (Å²) in [6, 6.07) is 3.92. The highest BCUT2D eigenvalue weighted by Crippen LogP contribution is 2.23. The van der Waals surface area contributed by atoms with Crippen LogP contribution in [0.4, 0.5) is 11.6 Å². The Bertz CT molecular complexity index is 789. The van der Waals surface area contributed by atoms with Crippen LogP contribution in [-0.4, -0.2) is 26.2 Å². The summed E-state index contributed by atoms with van der Waals surface area (Å²) in [5, 5.41) is 4.16. The average Bonchev–Trinajstić information content (AvgIpc) is 3.06. The van der Waals surface area contributed by atoms with Crippen LogP contribution in [0.5, 0.6) is 0 Å². The van der Waals surface area contributed by atoms with E-state index in [1.54, 1.807) is 0 Å². The number of hydrogen-bond donors (Lipinski definition) is 2. The first-order valence-electron chi connectivity index (χ1n) is 5.94. The predicted molar refractivity (Wildman–Crippen MR) is 72.7 cm³/mol. The van der Waals surface area contributed by atoms with Crippen molar-refractivity contribution in [1.29, 1.82) is 0 Å². The Balaban J connectivity index is 1.75. The minimum absolute atomic E-state index is 0.720. The van der Waals surface area contributed by atoms with E-state index in [1.165, 1.54) is 6.33 Å². The molecule has 19 heavy (non-hydrogen) atoms. The van der Waals surface area contributed by atoms with Crippen LogP contribution in [0.25, 0.3) is 11.0 Å².